The molecule has 0 heterocycles. The molecule has 0 saturated heterocycles. The van der Waals surface area contributed by atoms with Crippen molar-refractivity contribution in [3.05, 3.63) is 71.8 Å². The summed E-state index contributed by atoms with van der Waals surface area (Å²) in [6.07, 6.45) is 0.270. The summed E-state index contributed by atoms with van der Waals surface area (Å²) in [5.74, 6) is -2.15. The van der Waals surface area contributed by atoms with Gasteiger partial charge in [-0.15, -0.1) is 0 Å². The van der Waals surface area contributed by atoms with Crippen LogP contribution in [0.5, 0.6) is 0 Å². The van der Waals surface area contributed by atoms with Crippen molar-refractivity contribution < 1.29 is 28.7 Å². The van der Waals surface area contributed by atoms with Gasteiger partial charge in [-0.1, -0.05) is 62.4 Å². The van der Waals surface area contributed by atoms with Gasteiger partial charge in [-0.3, -0.25) is 4.79 Å². The van der Waals surface area contributed by atoms with Crippen LogP contribution in [-0.4, -0.2) is 41.6 Å². The summed E-state index contributed by atoms with van der Waals surface area (Å²) >= 11 is 0. The fourth-order valence-corrected chi connectivity index (χ4v) is 3.43. The molecule has 2 aromatic carbocycles. The molecule has 0 radical (unpaired) electrons. The van der Waals surface area contributed by atoms with Crippen molar-refractivity contribution in [1.82, 2.24) is 10.6 Å². The zero-order chi connectivity index (χ0) is 26.7. The minimum atomic E-state index is -1.10. The van der Waals surface area contributed by atoms with Gasteiger partial charge in [0.2, 0.25) is 5.91 Å². The predicted molar refractivity (Wildman–Crippen MR) is 136 cm³/mol. The summed E-state index contributed by atoms with van der Waals surface area (Å²) in [5.41, 5.74) is 0.454. The van der Waals surface area contributed by atoms with E-state index in [0.29, 0.717) is 12.8 Å². The van der Waals surface area contributed by atoms with Crippen molar-refractivity contribution in [2.75, 3.05) is 0 Å². The van der Waals surface area contributed by atoms with Crippen molar-refractivity contribution in [2.24, 2.45) is 5.92 Å². The molecule has 0 aromatic heterocycles. The highest BCUT2D eigenvalue weighted by Gasteiger charge is 2.30. The minimum Gasteiger partial charge on any atom is -0.444 e. The lowest BCUT2D eigenvalue weighted by Crippen LogP contribution is -2.53. The Balaban J connectivity index is 2.17. The monoisotopic (exact) mass is 496 g/mol. The Hall–Kier alpha value is -3.68. The van der Waals surface area contributed by atoms with Crippen LogP contribution in [0.2, 0.25) is 0 Å². The summed E-state index contributed by atoms with van der Waals surface area (Å²) in [7, 11) is 0. The maximum absolute atomic E-state index is 13.2. The molecule has 36 heavy (non-hydrogen) atoms. The molecule has 0 aliphatic rings. The van der Waals surface area contributed by atoms with E-state index >= 15 is 0 Å². The lowest BCUT2D eigenvalue weighted by molar-refractivity contribution is -0.143. The molecule has 2 aromatic rings. The summed E-state index contributed by atoms with van der Waals surface area (Å²) in [4.78, 5) is 50.9. The highest BCUT2D eigenvalue weighted by atomic mass is 16.6. The van der Waals surface area contributed by atoms with E-state index in [9.17, 15) is 19.2 Å². The van der Waals surface area contributed by atoms with E-state index in [0.717, 1.165) is 5.56 Å². The Labute approximate surface area is 212 Å². The highest BCUT2D eigenvalue weighted by molar-refractivity contribution is 5.99. The summed E-state index contributed by atoms with van der Waals surface area (Å²) in [6.45, 7) is 9.00. The quantitative estimate of drug-likeness (QED) is 0.372. The van der Waals surface area contributed by atoms with Gasteiger partial charge in [0, 0.05) is 0 Å². The largest absolute Gasteiger partial charge is 0.444 e. The summed E-state index contributed by atoms with van der Waals surface area (Å²) in [6, 6.07) is 15.6. The lowest BCUT2D eigenvalue weighted by Gasteiger charge is -2.25. The van der Waals surface area contributed by atoms with Gasteiger partial charge in [-0.05, 0) is 63.6 Å². The van der Waals surface area contributed by atoms with Crippen LogP contribution in [0, 0.1) is 5.92 Å². The first kappa shape index (κ1) is 28.6. The van der Waals surface area contributed by atoms with Gasteiger partial charge in [0.15, 0.2) is 0 Å². The number of carbonyl (C=O) groups excluding carboxylic acids is 4. The van der Waals surface area contributed by atoms with Gasteiger partial charge in [0.25, 0.3) is 0 Å². The van der Waals surface area contributed by atoms with Gasteiger partial charge in [-0.2, -0.15) is 0 Å². The molecule has 2 N–H and O–H groups in total. The molecule has 0 spiro atoms. The number of nitrogens with one attached hydrogen (secondary N) is 2. The normalized spacial score (nSPS) is 12.8. The Morgan fingerprint density at radius 2 is 1.42 bits per heavy atom. The van der Waals surface area contributed by atoms with Crippen LogP contribution in [-0.2, 0) is 25.5 Å². The Morgan fingerprint density at radius 1 is 0.833 bits per heavy atom. The van der Waals surface area contributed by atoms with Crippen molar-refractivity contribution in [3.63, 3.8) is 0 Å². The number of alkyl carbamates (subject to hydrolysis) is 1. The van der Waals surface area contributed by atoms with Gasteiger partial charge >= 0.3 is 18.0 Å². The number of hydrogen-bond donors (Lipinski definition) is 2. The van der Waals surface area contributed by atoms with E-state index in [1.807, 2.05) is 44.2 Å². The van der Waals surface area contributed by atoms with Gasteiger partial charge in [-0.25, -0.2) is 14.4 Å². The second-order valence-electron chi connectivity index (χ2n) is 9.99. The third kappa shape index (κ3) is 10.3. The molecule has 0 saturated carbocycles. The van der Waals surface area contributed by atoms with Crippen LogP contribution < -0.4 is 10.6 Å². The zero-order valence-electron chi connectivity index (χ0n) is 21.6. The fraction of sp³-hybridized carbons (Fsp3) is 0.429. The zero-order valence-corrected chi connectivity index (χ0v) is 21.6. The van der Waals surface area contributed by atoms with Crippen molar-refractivity contribution >= 4 is 23.9 Å². The summed E-state index contributed by atoms with van der Waals surface area (Å²) < 4.78 is 10.4. The number of esters is 2. The van der Waals surface area contributed by atoms with Crippen LogP contribution in [0.3, 0.4) is 0 Å². The first-order valence-corrected chi connectivity index (χ1v) is 12.1. The number of amides is 2. The maximum atomic E-state index is 13.2. The Kier molecular flexibility index (Phi) is 10.6. The molecule has 2 amide bonds. The average molecular weight is 497 g/mol. The number of benzene rings is 2. The molecule has 0 aliphatic heterocycles. The average Bonchev–Trinajstić information content (AvgIpc) is 2.80. The van der Waals surface area contributed by atoms with Gasteiger partial charge < -0.3 is 20.1 Å². The second-order valence-corrected chi connectivity index (χ2v) is 9.99. The van der Waals surface area contributed by atoms with E-state index in [2.05, 4.69) is 10.6 Å². The minimum absolute atomic E-state index is 0.0741. The Morgan fingerprint density at radius 3 is 1.97 bits per heavy atom. The molecule has 0 bridgehead atoms. The maximum Gasteiger partial charge on any atom is 0.408 e. The molecule has 1 unspecified atom stereocenters. The standard InChI is InChI=1S/C28H36N2O6/c1-19(2)18-23(30-27(34)36-28(3,4)5)24(31)29-22(17-16-20-12-8-6-9-13-20)26(33)35-25(32)21-14-10-7-11-15-21/h6-15,19,22-23H,16-18H2,1-5H3,(H,29,31)(H,30,34)/t22-,23?/m0/s1. The second kappa shape index (κ2) is 13.4. The molecule has 2 atom stereocenters. The summed E-state index contributed by atoms with van der Waals surface area (Å²) in [5, 5.41) is 5.28. The number of ether oxygens (including phenoxy) is 2. The smallest absolute Gasteiger partial charge is 0.408 e. The fourth-order valence-electron chi connectivity index (χ4n) is 3.43. The predicted octanol–water partition coefficient (Wildman–Crippen LogP) is 4.43. The Bertz CT molecular complexity index is 1020. The number of hydrogen-bond acceptors (Lipinski definition) is 6. The van der Waals surface area contributed by atoms with Crippen molar-refractivity contribution in [1.29, 1.82) is 0 Å². The van der Waals surface area contributed by atoms with Crippen LogP contribution in [0.4, 0.5) is 4.79 Å². The third-order valence-electron chi connectivity index (χ3n) is 5.08. The molecule has 8 heteroatoms. The number of carbonyl (C=O) groups is 4. The molecule has 8 nitrogen and oxygen atoms in total. The lowest BCUT2D eigenvalue weighted by atomic mass is 10.0. The highest BCUT2D eigenvalue weighted by Crippen LogP contribution is 2.12. The first-order valence-electron chi connectivity index (χ1n) is 12.1. The van der Waals surface area contributed by atoms with Crippen molar-refractivity contribution in [3.8, 4) is 0 Å². The molecule has 2 rings (SSSR count). The molecular weight excluding hydrogens is 460 g/mol. The topological polar surface area (TPSA) is 111 Å². The van der Waals surface area contributed by atoms with E-state index in [-0.39, 0.29) is 17.9 Å². The van der Waals surface area contributed by atoms with Crippen molar-refractivity contribution in [2.45, 2.75) is 71.6 Å². The first-order chi connectivity index (χ1) is 16.9. The van der Waals surface area contributed by atoms with Crippen LogP contribution >= 0.6 is 0 Å². The SMILES string of the molecule is CC(C)CC(NC(=O)OC(C)(C)C)C(=O)N[C@@H](CCc1ccccc1)C(=O)OC(=O)c1ccccc1. The van der Waals surface area contributed by atoms with E-state index in [4.69, 9.17) is 9.47 Å². The van der Waals surface area contributed by atoms with E-state index in [1.165, 1.54) is 12.1 Å². The molecule has 0 fully saturated rings. The van der Waals surface area contributed by atoms with Gasteiger partial charge in [0.1, 0.15) is 17.7 Å². The molecular formula is C28H36N2O6. The van der Waals surface area contributed by atoms with Gasteiger partial charge in [0.05, 0.1) is 5.56 Å². The number of rotatable bonds is 10. The molecule has 0 aliphatic carbocycles. The number of aryl methyl sites for hydroxylation is 1. The van der Waals surface area contributed by atoms with E-state index < -0.39 is 41.6 Å². The van der Waals surface area contributed by atoms with Crippen LogP contribution in [0.25, 0.3) is 0 Å². The van der Waals surface area contributed by atoms with E-state index in [1.54, 1.807) is 39.0 Å². The van der Waals surface area contributed by atoms with Crippen LogP contribution in [0.1, 0.15) is 63.4 Å². The third-order valence-corrected chi connectivity index (χ3v) is 5.08. The molecule has 194 valence electrons. The van der Waals surface area contributed by atoms with Crippen LogP contribution in [0.15, 0.2) is 60.7 Å².